The second-order valence-corrected chi connectivity index (χ2v) is 6.48. The zero-order valence-electron chi connectivity index (χ0n) is 14.9. The Hall–Kier alpha value is -2.12. The van der Waals surface area contributed by atoms with E-state index in [1.807, 2.05) is 0 Å². The lowest BCUT2D eigenvalue weighted by Crippen LogP contribution is -2.37. The Balaban J connectivity index is 1.91. The fraction of sp³-hybridized carbons (Fsp3) is 0.556. The van der Waals surface area contributed by atoms with Crippen molar-refractivity contribution in [2.24, 2.45) is 5.92 Å². The molecule has 2 N–H and O–H groups in total. The maximum absolute atomic E-state index is 12.2. The lowest BCUT2D eigenvalue weighted by atomic mass is 10.0. The van der Waals surface area contributed by atoms with E-state index in [0.29, 0.717) is 18.0 Å². The van der Waals surface area contributed by atoms with Gasteiger partial charge in [-0.25, -0.2) is 0 Å². The van der Waals surface area contributed by atoms with E-state index in [-0.39, 0.29) is 12.3 Å². The first kappa shape index (κ1) is 19.2. The van der Waals surface area contributed by atoms with E-state index in [1.165, 1.54) is 0 Å². The third-order valence-electron chi connectivity index (χ3n) is 4.43. The van der Waals surface area contributed by atoms with Crippen molar-refractivity contribution >= 4 is 17.6 Å². The van der Waals surface area contributed by atoms with Crippen LogP contribution in [0.25, 0.3) is 0 Å². The minimum atomic E-state index is -0.932. The summed E-state index contributed by atoms with van der Waals surface area (Å²) >= 11 is 0. The second kappa shape index (κ2) is 9.39. The molecule has 1 saturated heterocycles. The second-order valence-electron chi connectivity index (χ2n) is 6.48. The SMILES string of the molecule is COc1cccc(NC(=O)CC(CN2CCCN(C)CC2)C(=O)O)c1. The molecule has 7 nitrogen and oxygen atoms in total. The molecule has 138 valence electrons. The maximum Gasteiger partial charge on any atom is 0.308 e. The van der Waals surface area contributed by atoms with Gasteiger partial charge in [-0.15, -0.1) is 0 Å². The molecule has 1 aromatic rings. The van der Waals surface area contributed by atoms with Crippen molar-refractivity contribution in [3.63, 3.8) is 0 Å². The summed E-state index contributed by atoms with van der Waals surface area (Å²) in [7, 11) is 3.62. The monoisotopic (exact) mass is 349 g/mol. The normalized spacial score (nSPS) is 17.5. The number of likely N-dealkylation sites (N-methyl/N-ethyl adjacent to an activating group) is 1. The van der Waals surface area contributed by atoms with Crippen molar-refractivity contribution < 1.29 is 19.4 Å². The molecule has 7 heteroatoms. The molecule has 0 saturated carbocycles. The molecule has 1 atom stereocenters. The van der Waals surface area contributed by atoms with Crippen molar-refractivity contribution in [2.75, 3.05) is 52.2 Å². The smallest absolute Gasteiger partial charge is 0.308 e. The number of hydrogen-bond acceptors (Lipinski definition) is 5. The van der Waals surface area contributed by atoms with Gasteiger partial charge in [-0.3, -0.25) is 9.59 Å². The number of anilines is 1. The molecule has 2 rings (SSSR count). The number of methoxy groups -OCH3 is 1. The summed E-state index contributed by atoms with van der Waals surface area (Å²) < 4.78 is 5.12. The minimum absolute atomic E-state index is 0.0428. The van der Waals surface area contributed by atoms with Crippen molar-refractivity contribution in [1.82, 2.24) is 9.80 Å². The summed E-state index contributed by atoms with van der Waals surface area (Å²) in [5, 5.41) is 12.2. The molecule has 1 aliphatic heterocycles. The van der Waals surface area contributed by atoms with E-state index in [1.54, 1.807) is 31.4 Å². The highest BCUT2D eigenvalue weighted by molar-refractivity contribution is 5.93. The Morgan fingerprint density at radius 1 is 1.28 bits per heavy atom. The van der Waals surface area contributed by atoms with Crippen LogP contribution >= 0.6 is 0 Å². The zero-order chi connectivity index (χ0) is 18.2. The van der Waals surface area contributed by atoms with Crippen molar-refractivity contribution in [3.05, 3.63) is 24.3 Å². The molecular formula is C18H27N3O4. The Morgan fingerprint density at radius 3 is 2.80 bits per heavy atom. The van der Waals surface area contributed by atoms with Crippen molar-refractivity contribution in [2.45, 2.75) is 12.8 Å². The molecule has 1 aromatic carbocycles. The van der Waals surface area contributed by atoms with E-state index in [0.717, 1.165) is 32.6 Å². The summed E-state index contributed by atoms with van der Waals surface area (Å²) in [6.07, 6.45) is 0.970. The summed E-state index contributed by atoms with van der Waals surface area (Å²) in [6.45, 7) is 4.03. The van der Waals surface area contributed by atoms with Gasteiger partial charge in [0.05, 0.1) is 13.0 Å². The number of carboxylic acids is 1. The zero-order valence-corrected chi connectivity index (χ0v) is 14.9. The fourth-order valence-electron chi connectivity index (χ4n) is 2.96. The predicted octanol–water partition coefficient (Wildman–Crippen LogP) is 1.36. The molecular weight excluding hydrogens is 322 g/mol. The van der Waals surface area contributed by atoms with E-state index in [2.05, 4.69) is 22.2 Å². The van der Waals surface area contributed by atoms with Crippen molar-refractivity contribution in [1.29, 1.82) is 0 Å². The first-order valence-corrected chi connectivity index (χ1v) is 8.55. The Labute approximate surface area is 148 Å². The number of aliphatic carboxylic acids is 1. The maximum atomic E-state index is 12.2. The number of ether oxygens (including phenoxy) is 1. The fourth-order valence-corrected chi connectivity index (χ4v) is 2.96. The van der Waals surface area contributed by atoms with Crippen LogP contribution < -0.4 is 10.1 Å². The molecule has 1 fully saturated rings. The van der Waals surface area contributed by atoms with Crippen LogP contribution in [0.4, 0.5) is 5.69 Å². The highest BCUT2D eigenvalue weighted by Gasteiger charge is 2.25. The molecule has 25 heavy (non-hydrogen) atoms. The Kier molecular flexibility index (Phi) is 7.21. The van der Waals surface area contributed by atoms with E-state index >= 15 is 0 Å². The van der Waals surface area contributed by atoms with Crippen LogP contribution in [-0.2, 0) is 9.59 Å². The molecule has 0 spiro atoms. The van der Waals surface area contributed by atoms with Gasteiger partial charge in [0.25, 0.3) is 0 Å². The summed E-state index contributed by atoms with van der Waals surface area (Å²) in [4.78, 5) is 28.2. The van der Waals surface area contributed by atoms with Crippen LogP contribution in [0.5, 0.6) is 5.75 Å². The van der Waals surface area contributed by atoms with E-state index < -0.39 is 11.9 Å². The van der Waals surface area contributed by atoms with Crippen LogP contribution in [0.1, 0.15) is 12.8 Å². The summed E-state index contributed by atoms with van der Waals surface area (Å²) in [5.41, 5.74) is 0.602. The average molecular weight is 349 g/mol. The molecule has 1 aliphatic rings. The number of carboxylic acid groups (broad SMARTS) is 1. The van der Waals surface area contributed by atoms with Crippen LogP contribution in [0, 0.1) is 5.92 Å². The third-order valence-corrected chi connectivity index (χ3v) is 4.43. The average Bonchev–Trinajstić information content (AvgIpc) is 2.78. The molecule has 1 heterocycles. The number of nitrogens with zero attached hydrogens (tertiary/aromatic N) is 2. The van der Waals surface area contributed by atoms with Crippen LogP contribution in [-0.4, -0.2) is 73.7 Å². The first-order valence-electron chi connectivity index (χ1n) is 8.55. The Bertz CT molecular complexity index is 593. The highest BCUT2D eigenvalue weighted by atomic mass is 16.5. The van der Waals surface area contributed by atoms with E-state index in [9.17, 15) is 14.7 Å². The van der Waals surface area contributed by atoms with Gasteiger partial charge in [0.2, 0.25) is 5.91 Å². The van der Waals surface area contributed by atoms with Gasteiger partial charge in [-0.1, -0.05) is 6.07 Å². The summed E-state index contributed by atoms with van der Waals surface area (Å²) in [6, 6.07) is 7.02. The van der Waals surface area contributed by atoms with Gasteiger partial charge >= 0.3 is 5.97 Å². The minimum Gasteiger partial charge on any atom is -0.497 e. The Morgan fingerprint density at radius 2 is 2.08 bits per heavy atom. The molecule has 1 amide bonds. The lowest BCUT2D eigenvalue weighted by molar-refractivity contribution is -0.144. The number of hydrogen-bond donors (Lipinski definition) is 2. The van der Waals surface area contributed by atoms with Gasteiger partial charge < -0.3 is 25.0 Å². The number of carbonyl (C=O) groups is 2. The van der Waals surface area contributed by atoms with Crippen LogP contribution in [0.3, 0.4) is 0 Å². The molecule has 1 unspecified atom stereocenters. The van der Waals surface area contributed by atoms with Crippen molar-refractivity contribution in [3.8, 4) is 5.75 Å². The number of nitrogens with one attached hydrogen (secondary N) is 1. The van der Waals surface area contributed by atoms with Crippen LogP contribution in [0.15, 0.2) is 24.3 Å². The molecule has 0 bridgehead atoms. The number of amides is 1. The van der Waals surface area contributed by atoms with Gasteiger partial charge in [0.1, 0.15) is 5.75 Å². The molecule has 0 aliphatic carbocycles. The van der Waals surface area contributed by atoms with Gasteiger partial charge in [-0.05, 0) is 38.7 Å². The molecule has 0 aromatic heterocycles. The quantitative estimate of drug-likeness (QED) is 0.774. The summed E-state index contributed by atoms with van der Waals surface area (Å²) in [5.74, 6) is -1.30. The number of rotatable bonds is 7. The van der Waals surface area contributed by atoms with Gasteiger partial charge in [-0.2, -0.15) is 0 Å². The highest BCUT2D eigenvalue weighted by Crippen LogP contribution is 2.18. The number of carbonyl (C=O) groups excluding carboxylic acids is 1. The van der Waals surface area contributed by atoms with Gasteiger partial charge in [0.15, 0.2) is 0 Å². The topological polar surface area (TPSA) is 82.1 Å². The predicted molar refractivity (Wildman–Crippen MR) is 95.9 cm³/mol. The number of benzene rings is 1. The standard InChI is InChI=1S/C18H27N3O4/c1-20-7-4-8-21(10-9-20)13-14(18(23)24)11-17(22)19-15-5-3-6-16(12-15)25-2/h3,5-6,12,14H,4,7-11,13H2,1-2H3,(H,19,22)(H,23,24). The largest absolute Gasteiger partial charge is 0.497 e. The van der Waals surface area contributed by atoms with E-state index in [4.69, 9.17) is 4.74 Å². The van der Waals surface area contributed by atoms with Gasteiger partial charge in [0, 0.05) is 37.8 Å². The lowest BCUT2D eigenvalue weighted by Gasteiger charge is -2.23. The third kappa shape index (κ3) is 6.36. The first-order chi connectivity index (χ1) is 12.0. The van der Waals surface area contributed by atoms with Crippen LogP contribution in [0.2, 0.25) is 0 Å². The molecule has 0 radical (unpaired) electrons.